The minimum atomic E-state index is 0.680. The standard InChI is InChI=1S/C10H15N5O/c1-8-4-7-16-9(8)10-12-13-14-15(10)6-3-2-5-11/h4,7H,2-3,5-6,11H2,1H3. The molecule has 16 heavy (non-hydrogen) atoms. The van der Waals surface area contributed by atoms with Crippen molar-refractivity contribution < 1.29 is 4.42 Å². The number of nitrogens with two attached hydrogens (primary N) is 1. The van der Waals surface area contributed by atoms with Crippen LogP contribution in [0.15, 0.2) is 16.7 Å². The Labute approximate surface area is 93.4 Å². The molecule has 6 heteroatoms. The van der Waals surface area contributed by atoms with Crippen molar-refractivity contribution in [3.63, 3.8) is 0 Å². The SMILES string of the molecule is Cc1ccoc1-c1nnnn1CCCCN. The maximum absolute atomic E-state index is 5.45. The summed E-state index contributed by atoms with van der Waals surface area (Å²) in [6, 6.07) is 1.90. The molecule has 0 spiro atoms. The van der Waals surface area contributed by atoms with Crippen LogP contribution in [0.5, 0.6) is 0 Å². The highest BCUT2D eigenvalue weighted by Gasteiger charge is 2.13. The van der Waals surface area contributed by atoms with Crippen molar-refractivity contribution in [1.29, 1.82) is 0 Å². The largest absolute Gasteiger partial charge is 0.461 e. The lowest BCUT2D eigenvalue weighted by atomic mass is 10.2. The van der Waals surface area contributed by atoms with E-state index in [1.165, 1.54) is 0 Å². The number of hydrogen-bond acceptors (Lipinski definition) is 5. The molecular weight excluding hydrogens is 206 g/mol. The van der Waals surface area contributed by atoms with Gasteiger partial charge in [0.2, 0.25) is 5.82 Å². The van der Waals surface area contributed by atoms with Gasteiger partial charge >= 0.3 is 0 Å². The van der Waals surface area contributed by atoms with Crippen molar-refractivity contribution >= 4 is 0 Å². The topological polar surface area (TPSA) is 82.8 Å². The molecule has 0 saturated carbocycles. The number of hydrogen-bond donors (Lipinski definition) is 1. The fourth-order valence-corrected chi connectivity index (χ4v) is 1.53. The zero-order chi connectivity index (χ0) is 11.4. The third kappa shape index (κ3) is 2.11. The number of rotatable bonds is 5. The molecule has 0 amide bonds. The number of aryl methyl sites for hydroxylation is 2. The minimum absolute atomic E-state index is 0.680. The van der Waals surface area contributed by atoms with Crippen LogP contribution in [0.1, 0.15) is 18.4 Å². The summed E-state index contributed by atoms with van der Waals surface area (Å²) in [5.74, 6) is 1.41. The molecule has 6 nitrogen and oxygen atoms in total. The first-order valence-corrected chi connectivity index (χ1v) is 5.33. The van der Waals surface area contributed by atoms with Gasteiger partial charge in [0.05, 0.1) is 6.26 Å². The average Bonchev–Trinajstić information content (AvgIpc) is 2.87. The lowest BCUT2D eigenvalue weighted by Gasteiger charge is -2.02. The van der Waals surface area contributed by atoms with Crippen molar-refractivity contribution in [2.45, 2.75) is 26.3 Å². The molecule has 0 saturated heterocycles. The smallest absolute Gasteiger partial charge is 0.218 e. The first kappa shape index (κ1) is 10.8. The summed E-state index contributed by atoms with van der Waals surface area (Å²) in [7, 11) is 0. The first-order valence-electron chi connectivity index (χ1n) is 5.33. The Hall–Kier alpha value is -1.69. The predicted octanol–water partition coefficient (Wildman–Crippen LogP) is 0.980. The van der Waals surface area contributed by atoms with Crippen LogP contribution in [0.4, 0.5) is 0 Å². The van der Waals surface area contributed by atoms with E-state index in [-0.39, 0.29) is 0 Å². The van der Waals surface area contributed by atoms with Gasteiger partial charge in [0, 0.05) is 6.54 Å². The summed E-state index contributed by atoms with van der Waals surface area (Å²) >= 11 is 0. The van der Waals surface area contributed by atoms with E-state index in [9.17, 15) is 0 Å². The van der Waals surface area contributed by atoms with Crippen molar-refractivity contribution in [2.75, 3.05) is 6.54 Å². The molecule has 86 valence electrons. The Bertz CT molecular complexity index is 448. The Morgan fingerprint density at radius 3 is 3.00 bits per heavy atom. The zero-order valence-electron chi connectivity index (χ0n) is 9.26. The predicted molar refractivity (Wildman–Crippen MR) is 58.5 cm³/mol. The number of aromatic nitrogens is 4. The number of furan rings is 1. The molecule has 2 aromatic rings. The quantitative estimate of drug-likeness (QED) is 0.761. The second-order valence-corrected chi connectivity index (χ2v) is 3.65. The molecule has 0 radical (unpaired) electrons. The number of nitrogens with zero attached hydrogens (tertiary/aromatic N) is 4. The van der Waals surface area contributed by atoms with Gasteiger partial charge in [0.1, 0.15) is 0 Å². The van der Waals surface area contributed by atoms with E-state index in [1.807, 2.05) is 13.0 Å². The highest BCUT2D eigenvalue weighted by Crippen LogP contribution is 2.21. The van der Waals surface area contributed by atoms with E-state index in [1.54, 1.807) is 10.9 Å². The summed E-state index contributed by atoms with van der Waals surface area (Å²) in [6.45, 7) is 3.43. The molecule has 0 fully saturated rings. The molecule has 0 aromatic carbocycles. The van der Waals surface area contributed by atoms with Gasteiger partial charge in [-0.05, 0) is 48.4 Å². The van der Waals surface area contributed by atoms with Crippen LogP contribution in [-0.2, 0) is 6.54 Å². The fourth-order valence-electron chi connectivity index (χ4n) is 1.53. The number of unbranched alkanes of at least 4 members (excludes halogenated alkanes) is 1. The van der Waals surface area contributed by atoms with Crippen LogP contribution < -0.4 is 5.73 Å². The van der Waals surface area contributed by atoms with Crippen LogP contribution in [0.25, 0.3) is 11.6 Å². The molecule has 2 heterocycles. The molecule has 0 aliphatic rings. The van der Waals surface area contributed by atoms with E-state index >= 15 is 0 Å². The van der Waals surface area contributed by atoms with E-state index in [0.29, 0.717) is 12.4 Å². The minimum Gasteiger partial charge on any atom is -0.461 e. The second-order valence-electron chi connectivity index (χ2n) is 3.65. The summed E-state index contributed by atoms with van der Waals surface area (Å²) in [5, 5.41) is 11.6. The molecule has 2 N–H and O–H groups in total. The maximum atomic E-state index is 5.45. The second kappa shape index (κ2) is 4.89. The van der Waals surface area contributed by atoms with Gasteiger partial charge in [-0.2, -0.15) is 0 Å². The molecule has 0 atom stereocenters. The maximum Gasteiger partial charge on any atom is 0.218 e. The lowest BCUT2D eigenvalue weighted by Crippen LogP contribution is -2.06. The summed E-state index contributed by atoms with van der Waals surface area (Å²) < 4.78 is 7.12. The number of tetrazole rings is 1. The Morgan fingerprint density at radius 1 is 1.44 bits per heavy atom. The van der Waals surface area contributed by atoms with Gasteiger partial charge < -0.3 is 10.2 Å². The van der Waals surface area contributed by atoms with Gasteiger partial charge in [0.15, 0.2) is 5.76 Å². The molecular formula is C10H15N5O. The Kier molecular flexibility index (Phi) is 3.31. The van der Waals surface area contributed by atoms with Crippen molar-refractivity contribution in [2.24, 2.45) is 5.73 Å². The summed E-state index contributed by atoms with van der Waals surface area (Å²) in [5.41, 5.74) is 6.48. The third-order valence-electron chi connectivity index (χ3n) is 2.42. The van der Waals surface area contributed by atoms with E-state index < -0.39 is 0 Å². The Balaban J connectivity index is 2.16. The molecule has 2 rings (SSSR count). The highest BCUT2D eigenvalue weighted by atomic mass is 16.3. The highest BCUT2D eigenvalue weighted by molar-refractivity contribution is 5.51. The van der Waals surface area contributed by atoms with Gasteiger partial charge in [-0.25, -0.2) is 4.68 Å². The first-order chi connectivity index (χ1) is 7.83. The molecule has 0 aliphatic heterocycles. The van der Waals surface area contributed by atoms with E-state index in [4.69, 9.17) is 10.2 Å². The summed E-state index contributed by atoms with van der Waals surface area (Å²) in [6.07, 6.45) is 3.58. The van der Waals surface area contributed by atoms with Gasteiger partial charge in [-0.15, -0.1) is 5.10 Å². The van der Waals surface area contributed by atoms with Crippen LogP contribution in [0.2, 0.25) is 0 Å². The molecule has 0 unspecified atom stereocenters. The van der Waals surface area contributed by atoms with Crippen molar-refractivity contribution in [3.8, 4) is 11.6 Å². The van der Waals surface area contributed by atoms with Gasteiger partial charge in [-0.1, -0.05) is 0 Å². The van der Waals surface area contributed by atoms with Crippen LogP contribution >= 0.6 is 0 Å². The van der Waals surface area contributed by atoms with E-state index in [0.717, 1.165) is 30.7 Å². The van der Waals surface area contributed by atoms with Crippen LogP contribution in [0, 0.1) is 6.92 Å². The normalized spacial score (nSPS) is 10.9. The molecule has 2 aromatic heterocycles. The van der Waals surface area contributed by atoms with Crippen LogP contribution in [-0.4, -0.2) is 26.8 Å². The van der Waals surface area contributed by atoms with Gasteiger partial charge in [0.25, 0.3) is 0 Å². The summed E-state index contributed by atoms with van der Waals surface area (Å²) in [4.78, 5) is 0. The monoisotopic (exact) mass is 221 g/mol. The lowest BCUT2D eigenvalue weighted by molar-refractivity contribution is 0.528. The van der Waals surface area contributed by atoms with Crippen LogP contribution in [0.3, 0.4) is 0 Å². The van der Waals surface area contributed by atoms with Crippen molar-refractivity contribution in [3.05, 3.63) is 17.9 Å². The third-order valence-corrected chi connectivity index (χ3v) is 2.42. The molecule has 0 aliphatic carbocycles. The zero-order valence-corrected chi connectivity index (χ0v) is 9.26. The van der Waals surface area contributed by atoms with E-state index in [2.05, 4.69) is 15.5 Å². The van der Waals surface area contributed by atoms with Gasteiger partial charge in [-0.3, -0.25) is 0 Å². The van der Waals surface area contributed by atoms with Crippen molar-refractivity contribution in [1.82, 2.24) is 20.2 Å². The average molecular weight is 221 g/mol. The Morgan fingerprint density at radius 2 is 2.31 bits per heavy atom. The fraction of sp³-hybridized carbons (Fsp3) is 0.500. The molecule has 0 bridgehead atoms.